The summed E-state index contributed by atoms with van der Waals surface area (Å²) in [7, 11) is 0. The number of hydrogen-bond acceptors (Lipinski definition) is 5. The Balaban J connectivity index is 1.65. The number of nitrogens with one attached hydrogen (secondary N) is 1. The minimum atomic E-state index is -0.264. The number of carbonyl (C=O) groups is 1. The number of para-hydroxylation sites is 1. The third kappa shape index (κ3) is 4.55. The van der Waals surface area contributed by atoms with E-state index < -0.39 is 0 Å². The van der Waals surface area contributed by atoms with E-state index in [0.717, 1.165) is 12.8 Å². The number of amides is 1. The maximum absolute atomic E-state index is 13.4. The maximum atomic E-state index is 13.4. The molecule has 0 bridgehead atoms. The Hall–Kier alpha value is -3.52. The van der Waals surface area contributed by atoms with Gasteiger partial charge in [-0.25, -0.2) is 4.98 Å². The van der Waals surface area contributed by atoms with Crippen LogP contribution >= 0.6 is 11.6 Å². The molecule has 0 radical (unpaired) electrons. The Morgan fingerprint density at radius 1 is 1.16 bits per heavy atom. The van der Waals surface area contributed by atoms with Gasteiger partial charge in [-0.1, -0.05) is 43.1 Å². The summed E-state index contributed by atoms with van der Waals surface area (Å²) in [4.78, 5) is 36.2. The van der Waals surface area contributed by atoms with Gasteiger partial charge in [-0.05, 0) is 43.7 Å². The fourth-order valence-electron chi connectivity index (χ4n) is 3.43. The number of unbranched alkanes of at least 4 members (excludes halogenated alkanes) is 1. The van der Waals surface area contributed by atoms with Crippen LogP contribution in [0.1, 0.15) is 41.8 Å². The highest BCUT2D eigenvalue weighted by atomic mass is 35.5. The van der Waals surface area contributed by atoms with Gasteiger partial charge in [0, 0.05) is 11.6 Å². The number of fused-ring (bicyclic) bond motifs is 1. The van der Waals surface area contributed by atoms with Crippen molar-refractivity contribution >= 4 is 28.4 Å². The molecule has 0 aliphatic carbocycles. The summed E-state index contributed by atoms with van der Waals surface area (Å²) in [5.41, 5.74) is 1.80. The van der Waals surface area contributed by atoms with Crippen LogP contribution in [0.2, 0.25) is 5.02 Å². The molecule has 2 heterocycles. The van der Waals surface area contributed by atoms with Crippen molar-refractivity contribution in [2.45, 2.75) is 33.2 Å². The van der Waals surface area contributed by atoms with E-state index in [1.807, 2.05) is 12.1 Å². The number of aromatic nitrogens is 5. The van der Waals surface area contributed by atoms with E-state index in [0.29, 0.717) is 39.7 Å². The summed E-state index contributed by atoms with van der Waals surface area (Å²) >= 11 is 6.08. The van der Waals surface area contributed by atoms with E-state index in [1.165, 1.54) is 4.80 Å². The third-order valence-corrected chi connectivity index (χ3v) is 5.33. The van der Waals surface area contributed by atoms with E-state index in [1.54, 1.807) is 48.2 Å². The molecule has 4 rings (SSSR count). The highest BCUT2D eigenvalue weighted by Gasteiger charge is 2.23. The minimum absolute atomic E-state index is 0.169. The van der Waals surface area contributed by atoms with Gasteiger partial charge < -0.3 is 9.88 Å². The van der Waals surface area contributed by atoms with Crippen molar-refractivity contribution in [1.82, 2.24) is 29.9 Å². The van der Waals surface area contributed by atoms with Gasteiger partial charge in [0.25, 0.3) is 11.5 Å². The molecular formula is C23H23ClN6O2. The molecule has 0 aliphatic heterocycles. The van der Waals surface area contributed by atoms with Gasteiger partial charge in [0.2, 0.25) is 0 Å². The lowest BCUT2D eigenvalue weighted by Gasteiger charge is -2.21. The molecule has 164 valence electrons. The first-order chi connectivity index (χ1) is 15.5. The normalized spacial score (nSPS) is 11.1. The van der Waals surface area contributed by atoms with Gasteiger partial charge in [0.15, 0.2) is 5.69 Å². The average Bonchev–Trinajstić information content (AvgIpc) is 3.18. The van der Waals surface area contributed by atoms with Crippen molar-refractivity contribution in [2.24, 2.45) is 0 Å². The quantitative estimate of drug-likeness (QED) is 0.460. The van der Waals surface area contributed by atoms with Crippen LogP contribution in [0.25, 0.3) is 16.6 Å². The number of aromatic amines is 1. The van der Waals surface area contributed by atoms with Crippen LogP contribution in [0.4, 0.5) is 0 Å². The zero-order valence-corrected chi connectivity index (χ0v) is 18.6. The van der Waals surface area contributed by atoms with Crippen molar-refractivity contribution in [1.29, 1.82) is 0 Å². The summed E-state index contributed by atoms with van der Waals surface area (Å²) in [6.45, 7) is 4.48. The number of benzene rings is 2. The SMILES string of the molecule is CCCCN(Cc1nc2ccccc2c(=O)[nH]1)C(=O)c1nn(-c2cccc(Cl)c2)nc1C. The molecule has 2 aromatic heterocycles. The maximum Gasteiger partial charge on any atom is 0.276 e. The molecule has 0 fully saturated rings. The molecule has 8 nitrogen and oxygen atoms in total. The number of halogens is 1. The fourth-order valence-corrected chi connectivity index (χ4v) is 3.62. The molecule has 0 spiro atoms. The van der Waals surface area contributed by atoms with Gasteiger partial charge >= 0.3 is 0 Å². The number of carbonyl (C=O) groups excluding carboxylic acids is 1. The van der Waals surface area contributed by atoms with Crippen LogP contribution in [-0.2, 0) is 6.54 Å². The van der Waals surface area contributed by atoms with Crippen LogP contribution in [0.5, 0.6) is 0 Å². The fraction of sp³-hybridized carbons (Fsp3) is 0.261. The molecular weight excluding hydrogens is 428 g/mol. The van der Waals surface area contributed by atoms with Gasteiger partial charge in [0.1, 0.15) is 5.82 Å². The largest absolute Gasteiger partial charge is 0.330 e. The number of H-pyrrole nitrogens is 1. The van der Waals surface area contributed by atoms with Crippen molar-refractivity contribution in [3.05, 3.63) is 81.1 Å². The first-order valence-electron chi connectivity index (χ1n) is 10.4. The van der Waals surface area contributed by atoms with Crippen LogP contribution in [-0.4, -0.2) is 42.3 Å². The summed E-state index contributed by atoms with van der Waals surface area (Å²) in [5, 5.41) is 9.89. The van der Waals surface area contributed by atoms with Crippen LogP contribution in [0, 0.1) is 6.92 Å². The van der Waals surface area contributed by atoms with E-state index in [2.05, 4.69) is 27.1 Å². The predicted octanol–water partition coefficient (Wildman–Crippen LogP) is 3.91. The molecule has 32 heavy (non-hydrogen) atoms. The van der Waals surface area contributed by atoms with Crippen molar-refractivity contribution in [3.8, 4) is 5.69 Å². The standard InChI is InChI=1S/C23H23ClN6O2/c1-3-4-12-29(14-20-25-19-11-6-5-10-18(19)22(31)26-20)23(32)21-15(2)27-30(28-21)17-9-7-8-16(24)13-17/h5-11,13H,3-4,12,14H2,1-2H3,(H,25,26,31). The minimum Gasteiger partial charge on any atom is -0.330 e. The van der Waals surface area contributed by atoms with E-state index >= 15 is 0 Å². The second-order valence-corrected chi connectivity index (χ2v) is 7.95. The van der Waals surface area contributed by atoms with Gasteiger partial charge in [-0.15, -0.1) is 5.10 Å². The second-order valence-electron chi connectivity index (χ2n) is 7.51. The van der Waals surface area contributed by atoms with Crippen LogP contribution in [0.15, 0.2) is 53.3 Å². The van der Waals surface area contributed by atoms with E-state index in [4.69, 9.17) is 11.6 Å². The summed E-state index contributed by atoms with van der Waals surface area (Å²) < 4.78 is 0. The van der Waals surface area contributed by atoms with E-state index in [9.17, 15) is 9.59 Å². The average molecular weight is 451 g/mol. The molecule has 1 N–H and O–H groups in total. The first-order valence-corrected chi connectivity index (χ1v) is 10.8. The predicted molar refractivity (Wildman–Crippen MR) is 123 cm³/mol. The first kappa shape index (κ1) is 21.7. The molecule has 4 aromatic rings. The summed E-state index contributed by atoms with van der Waals surface area (Å²) in [6, 6.07) is 14.2. The lowest BCUT2D eigenvalue weighted by Crippen LogP contribution is -2.33. The summed E-state index contributed by atoms with van der Waals surface area (Å²) in [5.74, 6) is 0.165. The highest BCUT2D eigenvalue weighted by Crippen LogP contribution is 2.16. The molecule has 0 saturated carbocycles. The molecule has 1 amide bonds. The molecule has 0 unspecified atom stereocenters. The number of hydrogen-bond donors (Lipinski definition) is 1. The van der Waals surface area contributed by atoms with Gasteiger partial charge in [-0.2, -0.15) is 9.90 Å². The van der Waals surface area contributed by atoms with Gasteiger partial charge in [0.05, 0.1) is 28.8 Å². The Kier molecular flexibility index (Phi) is 6.32. The number of aryl methyl sites for hydroxylation is 1. The molecule has 0 saturated heterocycles. The van der Waals surface area contributed by atoms with Crippen molar-refractivity contribution in [2.75, 3.05) is 6.54 Å². The lowest BCUT2D eigenvalue weighted by atomic mass is 10.2. The van der Waals surface area contributed by atoms with Crippen molar-refractivity contribution < 1.29 is 4.79 Å². The molecule has 2 aromatic carbocycles. The Morgan fingerprint density at radius 2 is 1.97 bits per heavy atom. The smallest absolute Gasteiger partial charge is 0.276 e. The summed E-state index contributed by atoms with van der Waals surface area (Å²) in [6.07, 6.45) is 1.73. The lowest BCUT2D eigenvalue weighted by molar-refractivity contribution is 0.0729. The van der Waals surface area contributed by atoms with Crippen molar-refractivity contribution in [3.63, 3.8) is 0 Å². The molecule has 0 atom stereocenters. The highest BCUT2D eigenvalue weighted by molar-refractivity contribution is 6.30. The zero-order valence-electron chi connectivity index (χ0n) is 17.9. The zero-order chi connectivity index (χ0) is 22.7. The van der Waals surface area contributed by atoms with Crippen LogP contribution in [0.3, 0.4) is 0 Å². The topological polar surface area (TPSA) is 96.8 Å². The Morgan fingerprint density at radius 3 is 2.75 bits per heavy atom. The monoisotopic (exact) mass is 450 g/mol. The second kappa shape index (κ2) is 9.32. The Labute approximate surface area is 189 Å². The number of rotatable bonds is 7. The third-order valence-electron chi connectivity index (χ3n) is 5.10. The van der Waals surface area contributed by atoms with Crippen LogP contribution < -0.4 is 5.56 Å². The van der Waals surface area contributed by atoms with Gasteiger partial charge in [-0.3, -0.25) is 9.59 Å². The molecule has 0 aliphatic rings. The molecule has 9 heteroatoms. The van der Waals surface area contributed by atoms with E-state index in [-0.39, 0.29) is 23.7 Å². The Bertz CT molecular complexity index is 1330. The number of nitrogens with zero attached hydrogens (tertiary/aromatic N) is 5.